The summed E-state index contributed by atoms with van der Waals surface area (Å²) >= 11 is 3.18. The van der Waals surface area contributed by atoms with Crippen molar-refractivity contribution >= 4 is 26.3 Å². The lowest BCUT2D eigenvalue weighted by Crippen LogP contribution is -2.19. The Balaban J connectivity index is 2.34. The van der Waals surface area contributed by atoms with E-state index < -0.39 is 23.2 Å². The van der Waals surface area contributed by atoms with Crippen LogP contribution in [0.2, 0.25) is 0 Å². The normalized spacial score (nSPS) is 25.9. The zero-order valence-corrected chi connectivity index (χ0v) is 13.1. The van der Waals surface area contributed by atoms with Crippen molar-refractivity contribution in [2.75, 3.05) is 19.9 Å². The molecule has 4 nitrogen and oxygen atoms in total. The first kappa shape index (κ1) is 15.6. The molecule has 0 N–H and O–H groups in total. The van der Waals surface area contributed by atoms with Gasteiger partial charge in [-0.15, -0.1) is 4.91 Å². The van der Waals surface area contributed by atoms with Crippen molar-refractivity contribution in [3.8, 4) is 5.75 Å². The minimum Gasteiger partial charge on any atom is -0.483 e. The Morgan fingerprint density at radius 2 is 2.15 bits per heavy atom. The van der Waals surface area contributed by atoms with Crippen molar-refractivity contribution in [1.29, 1.82) is 0 Å². The van der Waals surface area contributed by atoms with Crippen LogP contribution in [0.1, 0.15) is 5.56 Å². The van der Waals surface area contributed by atoms with Gasteiger partial charge in [0.1, 0.15) is 5.75 Å². The van der Waals surface area contributed by atoms with Crippen LogP contribution < -0.4 is 4.74 Å². The molecule has 1 aliphatic rings. The highest BCUT2D eigenvalue weighted by Crippen LogP contribution is 2.63. The van der Waals surface area contributed by atoms with E-state index in [0.29, 0.717) is 11.0 Å². The maximum atomic E-state index is 12.2. The van der Waals surface area contributed by atoms with Crippen LogP contribution in [0.15, 0.2) is 26.1 Å². The Morgan fingerprint density at radius 1 is 1.50 bits per heavy atom. The predicted molar refractivity (Wildman–Crippen MR) is 74.7 cm³/mol. The van der Waals surface area contributed by atoms with Crippen LogP contribution in [0.25, 0.3) is 0 Å². The van der Waals surface area contributed by atoms with Gasteiger partial charge in [-0.25, -0.2) is 4.31 Å². The summed E-state index contributed by atoms with van der Waals surface area (Å²) in [5, 5.41) is 0. The second-order valence-corrected chi connectivity index (χ2v) is 8.22. The van der Waals surface area contributed by atoms with Gasteiger partial charge in [-0.05, 0) is 51.1 Å². The molecule has 1 aromatic carbocycles. The van der Waals surface area contributed by atoms with Gasteiger partial charge in [0.25, 0.3) is 0 Å². The van der Waals surface area contributed by atoms with E-state index in [1.54, 1.807) is 19.4 Å². The molecule has 1 atom stereocenters. The molecule has 0 aliphatic carbocycles. The largest absolute Gasteiger partial charge is 0.483 e. The molecule has 0 saturated carbocycles. The first-order valence-corrected chi connectivity index (χ1v) is 8.28. The predicted octanol–water partition coefficient (Wildman–Crippen LogP) is 4.23. The second-order valence-electron chi connectivity index (χ2n) is 4.49. The van der Waals surface area contributed by atoms with E-state index in [1.165, 1.54) is 6.07 Å². The molecule has 0 amide bonds. The van der Waals surface area contributed by atoms with E-state index in [-0.39, 0.29) is 5.75 Å². The van der Waals surface area contributed by atoms with E-state index in [2.05, 4.69) is 20.5 Å². The number of hydrogen-bond donors (Lipinski definition) is 0. The summed E-state index contributed by atoms with van der Waals surface area (Å²) in [4.78, 5) is 11.9. The van der Waals surface area contributed by atoms with Crippen molar-refractivity contribution in [3.63, 3.8) is 0 Å². The topological polar surface area (TPSA) is 41.9 Å². The molecule has 1 aliphatic heterocycles. The fourth-order valence-corrected chi connectivity index (χ4v) is 4.45. The number of benzene rings is 1. The lowest BCUT2D eigenvalue weighted by Gasteiger charge is -2.30. The van der Waals surface area contributed by atoms with E-state index in [9.17, 15) is 18.1 Å². The maximum absolute atomic E-state index is 12.2. The van der Waals surface area contributed by atoms with Crippen LogP contribution in [0.4, 0.5) is 13.2 Å². The first-order chi connectivity index (χ1) is 9.17. The summed E-state index contributed by atoms with van der Waals surface area (Å²) in [7, 11) is -0.203. The highest BCUT2D eigenvalue weighted by Gasteiger charge is 2.37. The number of hydrogen-bond acceptors (Lipinski definition) is 4. The molecule has 1 heterocycles. The number of nitroso groups, excluding NO2 is 1. The highest BCUT2D eigenvalue weighted by molar-refractivity contribution is 9.10. The monoisotopic (exact) mass is 372 g/mol. The Bertz CT molecular complexity index is 555. The quantitative estimate of drug-likeness (QED) is 0.745. The van der Waals surface area contributed by atoms with Crippen molar-refractivity contribution in [2.45, 2.75) is 17.6 Å². The number of halogens is 4. The third kappa shape index (κ3) is 2.79. The molecule has 112 valence electrons. The van der Waals surface area contributed by atoms with Crippen molar-refractivity contribution in [3.05, 3.63) is 27.1 Å². The molecule has 0 bridgehead atoms. The van der Waals surface area contributed by atoms with Gasteiger partial charge in [0, 0.05) is 22.3 Å². The van der Waals surface area contributed by atoms with Crippen molar-refractivity contribution in [2.24, 2.45) is 4.58 Å². The van der Waals surface area contributed by atoms with Crippen LogP contribution in [0, 0.1) is 4.91 Å². The van der Waals surface area contributed by atoms with Gasteiger partial charge in [-0.3, -0.25) is 0 Å². The molecule has 0 fully saturated rings. The molecule has 20 heavy (non-hydrogen) atoms. The minimum absolute atomic E-state index is 0.115. The van der Waals surface area contributed by atoms with E-state index in [0.717, 1.165) is 10.5 Å². The molecule has 0 radical (unpaired) electrons. The fraction of sp³-hybridized carbons (Fsp3) is 0.455. The SMILES string of the molecule is CN1Cc2cc(OCC(F)(F)F)c(Br)cc2S1(C)N=O. The van der Waals surface area contributed by atoms with Gasteiger partial charge in [-0.1, -0.05) is 0 Å². The molecule has 9 heteroatoms. The summed E-state index contributed by atoms with van der Waals surface area (Å²) in [6.07, 6.45) is -2.64. The Kier molecular flexibility index (Phi) is 4.05. The maximum Gasteiger partial charge on any atom is 0.422 e. The zero-order chi connectivity index (χ0) is 15.1. The number of rotatable bonds is 3. The van der Waals surface area contributed by atoms with Crippen LogP contribution >= 0.6 is 26.3 Å². The van der Waals surface area contributed by atoms with Gasteiger partial charge in [0.05, 0.1) is 4.47 Å². The van der Waals surface area contributed by atoms with Gasteiger partial charge >= 0.3 is 6.18 Å². The molecule has 1 unspecified atom stereocenters. The van der Waals surface area contributed by atoms with E-state index in [4.69, 9.17) is 4.74 Å². The second kappa shape index (κ2) is 5.19. The first-order valence-electron chi connectivity index (χ1n) is 5.53. The van der Waals surface area contributed by atoms with Gasteiger partial charge in [-0.2, -0.15) is 13.2 Å². The van der Waals surface area contributed by atoms with Gasteiger partial charge < -0.3 is 4.74 Å². The smallest absolute Gasteiger partial charge is 0.422 e. The van der Waals surface area contributed by atoms with Crippen LogP contribution in [-0.4, -0.2) is 30.4 Å². The summed E-state index contributed by atoms with van der Waals surface area (Å²) in [6.45, 7) is -0.890. The summed E-state index contributed by atoms with van der Waals surface area (Å²) in [6, 6.07) is 3.16. The summed E-state index contributed by atoms with van der Waals surface area (Å²) < 4.78 is 46.7. The molecule has 1 aromatic rings. The molecular formula is C11H12BrF3N2O2S. The van der Waals surface area contributed by atoms with Crippen LogP contribution in [0.3, 0.4) is 0 Å². The fourth-order valence-electron chi connectivity index (χ4n) is 1.96. The number of ether oxygens (including phenoxy) is 1. The Hall–Kier alpha value is -0.800. The molecule has 0 spiro atoms. The lowest BCUT2D eigenvalue weighted by atomic mass is 10.2. The Labute approximate surface area is 124 Å². The Morgan fingerprint density at radius 3 is 2.70 bits per heavy atom. The molecule has 2 rings (SSSR count). The number of fused-ring (bicyclic) bond motifs is 1. The van der Waals surface area contributed by atoms with Crippen LogP contribution in [0.5, 0.6) is 5.75 Å². The van der Waals surface area contributed by atoms with Gasteiger partial charge in [0.2, 0.25) is 0 Å². The lowest BCUT2D eigenvalue weighted by molar-refractivity contribution is -0.153. The number of alkyl halides is 3. The molecular weight excluding hydrogens is 361 g/mol. The van der Waals surface area contributed by atoms with Crippen LogP contribution in [-0.2, 0) is 6.54 Å². The molecule has 0 saturated heterocycles. The highest BCUT2D eigenvalue weighted by atomic mass is 79.9. The average molecular weight is 373 g/mol. The zero-order valence-electron chi connectivity index (χ0n) is 10.7. The van der Waals surface area contributed by atoms with E-state index >= 15 is 0 Å². The standard InChI is InChI=1S/C11H12BrF3N2O2S/c1-17-5-7-3-9(19-6-11(13,14)15)8(12)4-10(7)20(17,2)16-18/h3-4H,5-6H2,1-2H3. The third-order valence-corrected chi connectivity index (χ3v) is 6.53. The molecule has 0 aromatic heterocycles. The summed E-state index contributed by atoms with van der Waals surface area (Å²) in [5.74, 6) is 0.115. The van der Waals surface area contributed by atoms with Crippen molar-refractivity contribution in [1.82, 2.24) is 4.31 Å². The number of nitrogens with zero attached hydrogens (tertiary/aromatic N) is 2. The summed E-state index contributed by atoms with van der Waals surface area (Å²) in [5.41, 5.74) is 0.768. The van der Waals surface area contributed by atoms with Crippen molar-refractivity contribution < 1.29 is 17.9 Å². The van der Waals surface area contributed by atoms with Gasteiger partial charge in [0.15, 0.2) is 6.61 Å². The third-order valence-electron chi connectivity index (χ3n) is 3.07. The van der Waals surface area contributed by atoms with E-state index in [1.807, 2.05) is 4.31 Å². The minimum atomic E-state index is -4.39. The average Bonchev–Trinajstić information content (AvgIpc) is 2.59.